The van der Waals surface area contributed by atoms with Crippen LogP contribution >= 0.6 is 0 Å². The molecule has 0 heterocycles. The fourth-order valence-corrected chi connectivity index (χ4v) is 10.2. The molecule has 0 radical (unpaired) electrons. The molecule has 0 N–H and O–H groups in total. The summed E-state index contributed by atoms with van der Waals surface area (Å²) in [7, 11) is 0. The predicted molar refractivity (Wildman–Crippen MR) is 250 cm³/mol. The van der Waals surface area contributed by atoms with Crippen LogP contribution in [-0.2, 0) is 5.41 Å². The first-order chi connectivity index (χ1) is 29.2. The maximum atomic E-state index is 2.42. The Morgan fingerprint density at radius 2 is 0.763 bits per heavy atom. The normalized spacial score (nSPS) is 12.9. The Balaban J connectivity index is 0.930. The molecular formula is C59H38. The largest absolute Gasteiger partial charge is 0.0713 e. The van der Waals surface area contributed by atoms with Gasteiger partial charge in [0.25, 0.3) is 0 Å². The monoisotopic (exact) mass is 746 g/mol. The maximum absolute atomic E-state index is 2.42. The van der Waals surface area contributed by atoms with Crippen molar-refractivity contribution in [1.29, 1.82) is 0 Å². The molecule has 0 atom stereocenters. The van der Waals surface area contributed by atoms with Gasteiger partial charge in [-0.05, 0) is 140 Å². The van der Waals surface area contributed by atoms with Crippen LogP contribution in [0.15, 0.2) is 231 Å². The molecule has 0 bridgehead atoms. The van der Waals surface area contributed by atoms with E-state index in [9.17, 15) is 0 Å². The molecule has 0 amide bonds. The second kappa shape index (κ2) is 13.3. The number of hydrogen-bond donors (Lipinski definition) is 0. The minimum absolute atomic E-state index is 0.393. The lowest BCUT2D eigenvalue weighted by molar-refractivity contribution is 0.768. The van der Waals surface area contributed by atoms with Gasteiger partial charge in [0.1, 0.15) is 0 Å². The van der Waals surface area contributed by atoms with Crippen LogP contribution in [0.5, 0.6) is 0 Å². The van der Waals surface area contributed by atoms with Gasteiger partial charge in [-0.2, -0.15) is 0 Å². The number of hydrogen-bond acceptors (Lipinski definition) is 0. The summed E-state index contributed by atoms with van der Waals surface area (Å²) in [6, 6.07) is 85.5. The summed E-state index contributed by atoms with van der Waals surface area (Å²) in [4.78, 5) is 0. The van der Waals surface area contributed by atoms with Crippen LogP contribution in [0, 0.1) is 0 Å². The van der Waals surface area contributed by atoms with E-state index in [1.165, 1.54) is 110 Å². The molecule has 11 aromatic carbocycles. The average molecular weight is 747 g/mol. The van der Waals surface area contributed by atoms with E-state index in [1.54, 1.807) is 0 Å². The Morgan fingerprint density at radius 3 is 1.53 bits per heavy atom. The highest BCUT2D eigenvalue weighted by Crippen LogP contribution is 2.56. The maximum Gasteiger partial charge on any atom is 0.0713 e. The number of benzene rings is 11. The van der Waals surface area contributed by atoms with Crippen LogP contribution in [0.1, 0.15) is 22.3 Å². The third-order valence-corrected chi connectivity index (χ3v) is 12.9. The van der Waals surface area contributed by atoms with Crippen molar-refractivity contribution in [3.8, 4) is 44.5 Å². The number of fused-ring (bicyclic) bond motifs is 9. The molecule has 1 aliphatic carbocycles. The van der Waals surface area contributed by atoms with Gasteiger partial charge < -0.3 is 0 Å². The molecule has 0 saturated heterocycles. The summed E-state index contributed by atoms with van der Waals surface area (Å²) in [6.45, 7) is 0. The van der Waals surface area contributed by atoms with Gasteiger partial charge in [-0.3, -0.25) is 0 Å². The van der Waals surface area contributed by atoms with Crippen LogP contribution in [-0.4, -0.2) is 0 Å². The van der Waals surface area contributed by atoms with Crippen molar-refractivity contribution in [2.75, 3.05) is 0 Å². The number of rotatable bonds is 5. The van der Waals surface area contributed by atoms with Crippen LogP contribution in [0.2, 0.25) is 0 Å². The van der Waals surface area contributed by atoms with E-state index in [0.29, 0.717) is 0 Å². The Hall–Kier alpha value is -7.54. The van der Waals surface area contributed by atoms with Gasteiger partial charge in [0, 0.05) is 0 Å². The lowest BCUT2D eigenvalue weighted by Crippen LogP contribution is -2.28. The lowest BCUT2D eigenvalue weighted by Gasteiger charge is -2.33. The van der Waals surface area contributed by atoms with Gasteiger partial charge in [0.2, 0.25) is 0 Å². The van der Waals surface area contributed by atoms with E-state index in [0.717, 1.165) is 0 Å². The molecule has 0 fully saturated rings. The zero-order valence-electron chi connectivity index (χ0n) is 32.4. The van der Waals surface area contributed by atoms with E-state index in [2.05, 4.69) is 231 Å². The van der Waals surface area contributed by atoms with E-state index in [4.69, 9.17) is 0 Å². The first kappa shape index (κ1) is 33.6. The molecule has 0 spiro atoms. The van der Waals surface area contributed by atoms with Crippen LogP contribution in [0.4, 0.5) is 0 Å². The predicted octanol–water partition coefficient (Wildman–Crippen LogP) is 15.7. The van der Waals surface area contributed by atoms with Crippen molar-refractivity contribution < 1.29 is 0 Å². The fraction of sp³-hybridized carbons (Fsp3) is 0.0169. The molecule has 0 aromatic heterocycles. The van der Waals surface area contributed by atoms with Gasteiger partial charge in [-0.15, -0.1) is 0 Å². The minimum atomic E-state index is -0.393. The van der Waals surface area contributed by atoms with Gasteiger partial charge in [-0.25, -0.2) is 0 Å². The summed E-state index contributed by atoms with van der Waals surface area (Å²) in [5.41, 5.74) is 14.8. The quantitative estimate of drug-likeness (QED) is 0.154. The molecule has 0 saturated carbocycles. The van der Waals surface area contributed by atoms with Crippen molar-refractivity contribution >= 4 is 43.1 Å². The third kappa shape index (κ3) is 5.17. The Labute approximate surface area is 344 Å². The third-order valence-electron chi connectivity index (χ3n) is 12.9. The molecule has 0 aliphatic heterocycles. The lowest BCUT2D eigenvalue weighted by atomic mass is 9.67. The molecule has 12 rings (SSSR count). The molecule has 274 valence electrons. The highest BCUT2D eigenvalue weighted by Gasteiger charge is 2.45. The zero-order valence-corrected chi connectivity index (χ0v) is 32.4. The highest BCUT2D eigenvalue weighted by atomic mass is 14.5. The Bertz CT molecular complexity index is 3390. The van der Waals surface area contributed by atoms with E-state index < -0.39 is 5.41 Å². The van der Waals surface area contributed by atoms with E-state index in [-0.39, 0.29) is 0 Å². The molecule has 0 heteroatoms. The van der Waals surface area contributed by atoms with Crippen LogP contribution < -0.4 is 0 Å². The van der Waals surface area contributed by atoms with Gasteiger partial charge in [0.05, 0.1) is 5.41 Å². The van der Waals surface area contributed by atoms with Crippen molar-refractivity contribution in [2.45, 2.75) is 5.41 Å². The van der Waals surface area contributed by atoms with Crippen molar-refractivity contribution in [1.82, 2.24) is 0 Å². The molecule has 59 heavy (non-hydrogen) atoms. The highest BCUT2D eigenvalue weighted by molar-refractivity contribution is 6.23. The van der Waals surface area contributed by atoms with Gasteiger partial charge >= 0.3 is 0 Å². The average Bonchev–Trinajstić information content (AvgIpc) is 3.62. The molecule has 0 nitrogen and oxygen atoms in total. The van der Waals surface area contributed by atoms with Crippen molar-refractivity contribution in [3.05, 3.63) is 253 Å². The first-order valence-electron chi connectivity index (χ1n) is 20.6. The minimum Gasteiger partial charge on any atom is -0.0622 e. The van der Waals surface area contributed by atoms with Crippen LogP contribution in [0.3, 0.4) is 0 Å². The van der Waals surface area contributed by atoms with Gasteiger partial charge in [0.15, 0.2) is 0 Å². The smallest absolute Gasteiger partial charge is 0.0622 e. The second-order valence-electron chi connectivity index (χ2n) is 16.0. The van der Waals surface area contributed by atoms with E-state index >= 15 is 0 Å². The van der Waals surface area contributed by atoms with Crippen molar-refractivity contribution in [2.24, 2.45) is 0 Å². The zero-order chi connectivity index (χ0) is 38.9. The topological polar surface area (TPSA) is 0 Å². The molecule has 11 aromatic rings. The Kier molecular flexibility index (Phi) is 7.55. The molecule has 1 aliphatic rings. The molecular weight excluding hydrogens is 709 g/mol. The summed E-state index contributed by atoms with van der Waals surface area (Å²) in [5, 5.41) is 10.2. The first-order valence-corrected chi connectivity index (χ1v) is 20.6. The second-order valence-corrected chi connectivity index (χ2v) is 16.0. The Morgan fingerprint density at radius 1 is 0.237 bits per heavy atom. The van der Waals surface area contributed by atoms with Gasteiger partial charge in [-0.1, -0.05) is 200 Å². The summed E-state index contributed by atoms with van der Waals surface area (Å²) < 4.78 is 0. The SMILES string of the molecule is c1ccc(C2(c3ccccc3)c3ccccc3-c3cc(-c4cccc(-c5ccc6cc(-c7cc8ccc9ccccc9c8c8ccccc78)ccc6c5)c4)ccc32)cc1. The molecule has 0 unspecified atom stereocenters. The summed E-state index contributed by atoms with van der Waals surface area (Å²) in [5.74, 6) is 0. The van der Waals surface area contributed by atoms with Crippen LogP contribution in [0.25, 0.3) is 87.6 Å². The summed E-state index contributed by atoms with van der Waals surface area (Å²) in [6.07, 6.45) is 0. The summed E-state index contributed by atoms with van der Waals surface area (Å²) >= 11 is 0. The fourth-order valence-electron chi connectivity index (χ4n) is 10.2. The standard InChI is InChI=1S/C59H38/c1-3-17-48(18-4-1)59(49-19-5-2-6-20-49)56-25-12-11-23-52(56)55-37-45(32-33-57(55)59)41-16-13-15-40(34-41)42-27-28-44-36-46(30-29-43(44)35-42)54-38-47-31-26-39-14-7-8-21-50(39)58(47)53-24-10-9-22-51(53)54/h1-38H. The van der Waals surface area contributed by atoms with Crippen molar-refractivity contribution in [3.63, 3.8) is 0 Å². The van der Waals surface area contributed by atoms with E-state index in [1.807, 2.05) is 0 Å².